The molecule has 0 aliphatic heterocycles. The molecule has 4 nitrogen and oxygen atoms in total. The van der Waals surface area contributed by atoms with Crippen molar-refractivity contribution in [1.29, 1.82) is 0 Å². The van der Waals surface area contributed by atoms with E-state index in [0.717, 1.165) is 11.3 Å². The molecule has 2 N–H and O–H groups in total. The molecule has 2 amide bonds. The lowest BCUT2D eigenvalue weighted by molar-refractivity contribution is -0.114. The van der Waals surface area contributed by atoms with Crippen LogP contribution in [0.1, 0.15) is 5.56 Å². The Labute approximate surface area is 154 Å². The van der Waals surface area contributed by atoms with Crippen LogP contribution in [-0.4, -0.2) is 23.3 Å². The van der Waals surface area contributed by atoms with Crippen molar-refractivity contribution < 1.29 is 9.59 Å². The number of hydrogen-bond acceptors (Lipinski definition) is 3. The first-order valence-electron chi connectivity index (χ1n) is 7.14. The Morgan fingerprint density at radius 2 is 1.67 bits per heavy atom. The van der Waals surface area contributed by atoms with E-state index in [9.17, 15) is 9.59 Å². The Hall–Kier alpha value is -1.69. The van der Waals surface area contributed by atoms with Gasteiger partial charge in [0.2, 0.25) is 11.8 Å². The lowest BCUT2D eigenvalue weighted by Crippen LogP contribution is -2.18. The van der Waals surface area contributed by atoms with E-state index >= 15 is 0 Å². The second-order valence-corrected chi connectivity index (χ2v) is 6.83. The van der Waals surface area contributed by atoms with Gasteiger partial charge in [-0.3, -0.25) is 9.59 Å². The third-order valence-corrected chi connectivity index (χ3v) is 4.75. The molecule has 2 aromatic carbocycles. The van der Waals surface area contributed by atoms with Crippen molar-refractivity contribution in [3.63, 3.8) is 0 Å². The topological polar surface area (TPSA) is 58.2 Å². The molecule has 0 spiro atoms. The summed E-state index contributed by atoms with van der Waals surface area (Å²) in [4.78, 5) is 23.8. The molecule has 0 fully saturated rings. The summed E-state index contributed by atoms with van der Waals surface area (Å²) >= 11 is 13.1. The summed E-state index contributed by atoms with van der Waals surface area (Å²) in [5.41, 5.74) is 2.27. The van der Waals surface area contributed by atoms with Gasteiger partial charge in [-0.1, -0.05) is 41.4 Å². The lowest BCUT2D eigenvalue weighted by atomic mass is 10.2. The Kier molecular flexibility index (Phi) is 6.97. The van der Waals surface area contributed by atoms with E-state index in [1.54, 1.807) is 18.2 Å². The SMILES string of the molecule is Cc1cccc(NC(=O)CSCC(=O)Nc2cccc(Cl)c2Cl)c1. The highest BCUT2D eigenvalue weighted by molar-refractivity contribution is 8.00. The van der Waals surface area contributed by atoms with Crippen LogP contribution >= 0.6 is 35.0 Å². The van der Waals surface area contributed by atoms with Crippen LogP contribution in [0.4, 0.5) is 11.4 Å². The van der Waals surface area contributed by atoms with Crippen molar-refractivity contribution in [3.05, 3.63) is 58.1 Å². The van der Waals surface area contributed by atoms with Crippen LogP contribution in [0.2, 0.25) is 10.0 Å². The molecule has 2 rings (SSSR count). The van der Waals surface area contributed by atoms with E-state index in [2.05, 4.69) is 10.6 Å². The van der Waals surface area contributed by atoms with Gasteiger partial charge < -0.3 is 10.6 Å². The maximum absolute atomic E-state index is 11.9. The second-order valence-electron chi connectivity index (χ2n) is 5.06. The highest BCUT2D eigenvalue weighted by Crippen LogP contribution is 2.29. The van der Waals surface area contributed by atoms with E-state index in [1.165, 1.54) is 11.8 Å². The van der Waals surface area contributed by atoms with E-state index in [4.69, 9.17) is 23.2 Å². The van der Waals surface area contributed by atoms with Crippen molar-refractivity contribution in [1.82, 2.24) is 0 Å². The van der Waals surface area contributed by atoms with E-state index < -0.39 is 0 Å². The van der Waals surface area contributed by atoms with Gasteiger partial charge >= 0.3 is 0 Å². The first-order valence-corrected chi connectivity index (χ1v) is 9.05. The van der Waals surface area contributed by atoms with Crippen LogP contribution in [-0.2, 0) is 9.59 Å². The number of nitrogens with one attached hydrogen (secondary N) is 2. The highest BCUT2D eigenvalue weighted by Gasteiger charge is 2.10. The fraction of sp³-hybridized carbons (Fsp3) is 0.176. The Bertz CT molecular complexity index is 753. The fourth-order valence-corrected chi connectivity index (χ4v) is 2.91. The molecule has 0 bridgehead atoms. The Balaban J connectivity index is 1.76. The summed E-state index contributed by atoms with van der Waals surface area (Å²) in [6.45, 7) is 1.95. The largest absolute Gasteiger partial charge is 0.325 e. The monoisotopic (exact) mass is 382 g/mol. The zero-order valence-corrected chi connectivity index (χ0v) is 15.3. The van der Waals surface area contributed by atoms with Crippen LogP contribution in [0.15, 0.2) is 42.5 Å². The summed E-state index contributed by atoms with van der Waals surface area (Å²) in [5, 5.41) is 6.14. The minimum Gasteiger partial charge on any atom is -0.325 e. The van der Waals surface area contributed by atoms with Crippen LogP contribution in [0.3, 0.4) is 0 Å². The summed E-state index contributed by atoms with van der Waals surface area (Å²) in [5.74, 6) is -0.0685. The first-order chi connectivity index (χ1) is 11.5. The smallest absolute Gasteiger partial charge is 0.234 e. The predicted molar refractivity (Wildman–Crippen MR) is 102 cm³/mol. The molecule has 0 atom stereocenters. The molecule has 0 aliphatic carbocycles. The molecule has 0 aliphatic rings. The highest BCUT2D eigenvalue weighted by atomic mass is 35.5. The third-order valence-electron chi connectivity index (χ3n) is 2.99. The number of rotatable bonds is 6. The molecular weight excluding hydrogens is 367 g/mol. The first kappa shape index (κ1) is 18.6. The summed E-state index contributed by atoms with van der Waals surface area (Å²) in [6.07, 6.45) is 0. The predicted octanol–water partition coefficient (Wildman–Crippen LogP) is 4.61. The average Bonchev–Trinajstić information content (AvgIpc) is 2.52. The van der Waals surface area contributed by atoms with Crippen LogP contribution < -0.4 is 10.6 Å². The van der Waals surface area contributed by atoms with Gasteiger partial charge in [0.25, 0.3) is 0 Å². The van der Waals surface area contributed by atoms with Gasteiger partial charge in [0, 0.05) is 5.69 Å². The van der Waals surface area contributed by atoms with Crippen molar-refractivity contribution in [2.45, 2.75) is 6.92 Å². The molecule has 126 valence electrons. The third kappa shape index (κ3) is 5.74. The Morgan fingerprint density at radius 1 is 1.00 bits per heavy atom. The maximum atomic E-state index is 11.9. The number of amides is 2. The molecule has 0 saturated carbocycles. The van der Waals surface area contributed by atoms with Gasteiger partial charge in [-0.15, -0.1) is 11.8 Å². The number of halogens is 2. The molecule has 7 heteroatoms. The number of benzene rings is 2. The van der Waals surface area contributed by atoms with Gasteiger partial charge in [0.1, 0.15) is 0 Å². The van der Waals surface area contributed by atoms with E-state index in [0.29, 0.717) is 15.7 Å². The number of aryl methyl sites for hydroxylation is 1. The molecule has 0 aromatic heterocycles. The fourth-order valence-electron chi connectivity index (χ4n) is 1.94. The number of hydrogen-bond donors (Lipinski definition) is 2. The van der Waals surface area contributed by atoms with Crippen LogP contribution in [0.25, 0.3) is 0 Å². The summed E-state index contributed by atoms with van der Waals surface area (Å²) < 4.78 is 0. The quantitative estimate of drug-likeness (QED) is 0.766. The molecule has 0 heterocycles. The van der Waals surface area contributed by atoms with Gasteiger partial charge in [0.05, 0.1) is 27.2 Å². The van der Waals surface area contributed by atoms with Gasteiger partial charge in [-0.2, -0.15) is 0 Å². The van der Waals surface area contributed by atoms with Crippen molar-refractivity contribution in [3.8, 4) is 0 Å². The minimum absolute atomic E-state index is 0.143. The molecular formula is C17H16Cl2N2O2S. The van der Waals surface area contributed by atoms with E-state index in [1.807, 2.05) is 31.2 Å². The minimum atomic E-state index is -0.243. The number of carbonyl (C=O) groups excluding carboxylic acids is 2. The molecule has 0 saturated heterocycles. The normalized spacial score (nSPS) is 10.3. The van der Waals surface area contributed by atoms with Crippen molar-refractivity contribution in [2.75, 3.05) is 22.1 Å². The lowest BCUT2D eigenvalue weighted by Gasteiger charge is -2.08. The molecule has 24 heavy (non-hydrogen) atoms. The number of anilines is 2. The van der Waals surface area contributed by atoms with Crippen molar-refractivity contribution in [2.24, 2.45) is 0 Å². The summed E-state index contributed by atoms with van der Waals surface area (Å²) in [7, 11) is 0. The molecule has 2 aromatic rings. The number of thioether (sulfide) groups is 1. The van der Waals surface area contributed by atoms with Crippen LogP contribution in [0.5, 0.6) is 0 Å². The van der Waals surface area contributed by atoms with Gasteiger partial charge in [-0.05, 0) is 36.8 Å². The number of carbonyl (C=O) groups is 2. The van der Waals surface area contributed by atoms with Gasteiger partial charge in [-0.25, -0.2) is 0 Å². The zero-order chi connectivity index (χ0) is 17.5. The Morgan fingerprint density at radius 3 is 2.38 bits per heavy atom. The van der Waals surface area contributed by atoms with Crippen molar-refractivity contribution >= 4 is 58.2 Å². The molecule has 0 unspecified atom stereocenters. The van der Waals surface area contributed by atoms with E-state index in [-0.39, 0.29) is 23.3 Å². The summed E-state index contributed by atoms with van der Waals surface area (Å²) in [6, 6.07) is 12.5. The average molecular weight is 383 g/mol. The maximum Gasteiger partial charge on any atom is 0.234 e. The zero-order valence-electron chi connectivity index (χ0n) is 12.9. The van der Waals surface area contributed by atoms with Gasteiger partial charge in [0.15, 0.2) is 0 Å². The second kappa shape index (κ2) is 8.97. The molecule has 0 radical (unpaired) electrons. The standard InChI is InChI=1S/C17H16Cl2N2O2S/c1-11-4-2-5-12(8-11)20-15(22)9-24-10-16(23)21-14-7-3-6-13(18)17(14)19/h2-8H,9-10H2,1H3,(H,20,22)(H,21,23). The van der Waals surface area contributed by atoms with Crippen LogP contribution in [0, 0.1) is 6.92 Å².